The van der Waals surface area contributed by atoms with Gasteiger partial charge >= 0.3 is 0 Å². The summed E-state index contributed by atoms with van der Waals surface area (Å²) in [5.41, 5.74) is 12.2. The molecule has 4 nitrogen and oxygen atoms in total. The number of carbonyl (C=O) groups excluding carboxylic acids is 1. The number of amides is 1. The molecular weight excluding hydrogens is 266 g/mol. The number of nitrogens with one attached hydrogen (secondary N) is 1. The molecule has 0 radical (unpaired) electrons. The quantitative estimate of drug-likeness (QED) is 0.727. The molecule has 1 aromatic rings. The summed E-state index contributed by atoms with van der Waals surface area (Å²) in [5, 5.41) is 4.41. The van der Waals surface area contributed by atoms with E-state index >= 15 is 0 Å². The van der Waals surface area contributed by atoms with Crippen LogP contribution in [-0.4, -0.2) is 18.7 Å². The van der Waals surface area contributed by atoms with Crippen molar-refractivity contribution < 1.29 is 4.79 Å². The molecule has 5 N–H and O–H groups in total. The van der Waals surface area contributed by atoms with Crippen molar-refractivity contribution in [1.29, 1.82) is 0 Å². The van der Waals surface area contributed by atoms with Gasteiger partial charge in [-0.15, -0.1) is 23.1 Å². The second-order valence-corrected chi connectivity index (χ2v) is 6.93. The van der Waals surface area contributed by atoms with Gasteiger partial charge in [0, 0.05) is 6.54 Å². The van der Waals surface area contributed by atoms with Crippen LogP contribution in [-0.2, 0) is 0 Å². The first-order valence-corrected chi connectivity index (χ1v) is 8.01. The maximum Gasteiger partial charge on any atom is 0.261 e. The Morgan fingerprint density at radius 1 is 1.56 bits per heavy atom. The fourth-order valence-electron chi connectivity index (χ4n) is 2.18. The molecule has 1 fully saturated rings. The Hall–Kier alpha value is -0.880. The van der Waals surface area contributed by atoms with Gasteiger partial charge in [0.1, 0.15) is 9.88 Å². The molecule has 1 aliphatic rings. The highest BCUT2D eigenvalue weighted by molar-refractivity contribution is 7.99. The van der Waals surface area contributed by atoms with E-state index in [1.807, 2.05) is 6.26 Å². The Bertz CT molecular complexity index is 466. The van der Waals surface area contributed by atoms with Crippen LogP contribution in [0.4, 0.5) is 10.7 Å². The van der Waals surface area contributed by atoms with Crippen LogP contribution in [0.15, 0.2) is 4.90 Å². The molecule has 1 amide bonds. The highest BCUT2D eigenvalue weighted by atomic mass is 32.2. The average Bonchev–Trinajstić information content (AvgIpc) is 2.60. The summed E-state index contributed by atoms with van der Waals surface area (Å²) < 4.78 is 0. The Labute approximate surface area is 115 Å². The van der Waals surface area contributed by atoms with Gasteiger partial charge in [-0.05, 0) is 24.5 Å². The number of nitrogen functional groups attached to an aromatic ring is 1. The molecule has 2 rings (SSSR count). The highest BCUT2D eigenvalue weighted by Crippen LogP contribution is 2.44. The Morgan fingerprint density at radius 3 is 2.67 bits per heavy atom. The lowest BCUT2D eigenvalue weighted by Gasteiger charge is -2.38. The second kappa shape index (κ2) is 5.01. The van der Waals surface area contributed by atoms with Gasteiger partial charge in [-0.1, -0.05) is 13.3 Å². The number of hydrogen-bond acceptors (Lipinski definition) is 5. The van der Waals surface area contributed by atoms with Crippen LogP contribution < -0.4 is 16.8 Å². The fourth-order valence-corrected chi connectivity index (χ4v) is 4.06. The largest absolute Gasteiger partial charge is 0.396 e. The molecule has 1 heterocycles. The Kier molecular flexibility index (Phi) is 3.77. The van der Waals surface area contributed by atoms with Crippen molar-refractivity contribution >= 4 is 39.7 Å². The lowest BCUT2D eigenvalue weighted by Crippen LogP contribution is -2.33. The summed E-state index contributed by atoms with van der Waals surface area (Å²) in [7, 11) is 0. The van der Waals surface area contributed by atoms with E-state index in [2.05, 4.69) is 12.2 Å². The standard InChI is InChI=1S/C12H19N3OS2/c1-12(4-3-5-12)6-15-11-9(17-2)7(13)8(18-11)10(14)16/h15H,3-6,13H2,1-2H3,(H2,14,16). The zero-order valence-corrected chi connectivity index (χ0v) is 12.3. The normalized spacial score (nSPS) is 17.2. The zero-order valence-electron chi connectivity index (χ0n) is 10.7. The minimum Gasteiger partial charge on any atom is -0.396 e. The van der Waals surface area contributed by atoms with Crippen LogP contribution in [0.3, 0.4) is 0 Å². The predicted molar refractivity (Wildman–Crippen MR) is 79.5 cm³/mol. The average molecular weight is 285 g/mol. The Morgan fingerprint density at radius 2 is 2.22 bits per heavy atom. The maximum absolute atomic E-state index is 11.3. The number of thioether (sulfide) groups is 1. The van der Waals surface area contributed by atoms with Crippen molar-refractivity contribution in [1.82, 2.24) is 0 Å². The molecule has 0 aliphatic heterocycles. The van der Waals surface area contributed by atoms with E-state index in [0.29, 0.717) is 16.0 Å². The van der Waals surface area contributed by atoms with Crippen LogP contribution in [0.2, 0.25) is 0 Å². The first-order valence-electron chi connectivity index (χ1n) is 5.97. The third-order valence-corrected chi connectivity index (χ3v) is 5.70. The van der Waals surface area contributed by atoms with E-state index in [0.717, 1.165) is 16.4 Å². The van der Waals surface area contributed by atoms with Gasteiger partial charge in [-0.25, -0.2) is 0 Å². The van der Waals surface area contributed by atoms with Crippen LogP contribution >= 0.6 is 23.1 Å². The minimum atomic E-state index is -0.448. The van der Waals surface area contributed by atoms with E-state index in [-0.39, 0.29) is 0 Å². The molecule has 1 aliphatic carbocycles. The van der Waals surface area contributed by atoms with Crippen molar-refractivity contribution in [3.63, 3.8) is 0 Å². The van der Waals surface area contributed by atoms with E-state index in [1.165, 1.54) is 30.6 Å². The molecule has 1 aromatic heterocycles. The highest BCUT2D eigenvalue weighted by Gasteiger charge is 2.32. The van der Waals surface area contributed by atoms with E-state index < -0.39 is 5.91 Å². The lowest BCUT2D eigenvalue weighted by atomic mass is 9.70. The molecule has 0 spiro atoms. The van der Waals surface area contributed by atoms with Gasteiger partial charge in [0.25, 0.3) is 5.91 Å². The van der Waals surface area contributed by atoms with Crippen molar-refractivity contribution in [2.24, 2.45) is 11.1 Å². The zero-order chi connectivity index (χ0) is 13.3. The van der Waals surface area contributed by atoms with Crippen molar-refractivity contribution in [2.45, 2.75) is 31.1 Å². The number of primary amides is 1. The van der Waals surface area contributed by atoms with Gasteiger partial charge in [-0.3, -0.25) is 4.79 Å². The van der Waals surface area contributed by atoms with E-state index in [9.17, 15) is 4.79 Å². The summed E-state index contributed by atoms with van der Waals surface area (Å²) in [6.45, 7) is 3.22. The van der Waals surface area contributed by atoms with Gasteiger partial charge in [0.05, 0.1) is 10.6 Å². The van der Waals surface area contributed by atoms with Gasteiger partial charge in [-0.2, -0.15) is 0 Å². The lowest BCUT2D eigenvalue weighted by molar-refractivity contribution is 0.100. The summed E-state index contributed by atoms with van der Waals surface area (Å²) in [6, 6.07) is 0. The molecule has 18 heavy (non-hydrogen) atoms. The SMILES string of the molecule is CSc1c(NCC2(C)CCC2)sc(C(N)=O)c1N. The maximum atomic E-state index is 11.3. The molecule has 0 bridgehead atoms. The second-order valence-electron chi connectivity index (χ2n) is 5.09. The van der Waals surface area contributed by atoms with Crippen molar-refractivity contribution in [3.05, 3.63) is 4.88 Å². The first-order chi connectivity index (χ1) is 8.47. The first kappa shape index (κ1) is 13.5. The summed E-state index contributed by atoms with van der Waals surface area (Å²) in [6.07, 6.45) is 5.79. The Balaban J connectivity index is 2.16. The summed E-state index contributed by atoms with van der Waals surface area (Å²) in [4.78, 5) is 12.7. The number of nitrogens with two attached hydrogens (primary N) is 2. The number of hydrogen-bond donors (Lipinski definition) is 3. The van der Waals surface area contributed by atoms with E-state index in [1.54, 1.807) is 11.8 Å². The van der Waals surface area contributed by atoms with E-state index in [4.69, 9.17) is 11.5 Å². The molecular formula is C12H19N3OS2. The van der Waals surface area contributed by atoms with Crippen LogP contribution in [0.25, 0.3) is 0 Å². The number of carbonyl (C=O) groups is 1. The predicted octanol–water partition coefficient (Wildman–Crippen LogP) is 2.75. The van der Waals surface area contributed by atoms with Crippen molar-refractivity contribution in [2.75, 3.05) is 23.9 Å². The fraction of sp³-hybridized carbons (Fsp3) is 0.583. The molecule has 0 aromatic carbocycles. The van der Waals surface area contributed by atoms with Crippen LogP contribution in [0.5, 0.6) is 0 Å². The number of rotatable bonds is 5. The van der Waals surface area contributed by atoms with Crippen LogP contribution in [0.1, 0.15) is 35.9 Å². The number of anilines is 2. The molecule has 0 saturated heterocycles. The monoisotopic (exact) mass is 285 g/mol. The van der Waals surface area contributed by atoms with Crippen LogP contribution in [0, 0.1) is 5.41 Å². The van der Waals surface area contributed by atoms with Gasteiger partial charge in [0.15, 0.2) is 0 Å². The topological polar surface area (TPSA) is 81.1 Å². The summed E-state index contributed by atoms with van der Waals surface area (Å²) in [5.74, 6) is -0.448. The third-order valence-electron chi connectivity index (χ3n) is 3.56. The van der Waals surface area contributed by atoms with Gasteiger partial charge < -0.3 is 16.8 Å². The molecule has 6 heteroatoms. The molecule has 0 unspecified atom stereocenters. The molecule has 0 atom stereocenters. The smallest absolute Gasteiger partial charge is 0.261 e. The number of thiophene rings is 1. The van der Waals surface area contributed by atoms with Gasteiger partial charge in [0.2, 0.25) is 0 Å². The molecule has 100 valence electrons. The minimum absolute atomic E-state index is 0.390. The molecule has 1 saturated carbocycles. The summed E-state index contributed by atoms with van der Waals surface area (Å²) >= 11 is 2.91. The van der Waals surface area contributed by atoms with Crippen molar-refractivity contribution in [3.8, 4) is 0 Å². The third kappa shape index (κ3) is 2.44.